The van der Waals surface area contributed by atoms with Gasteiger partial charge in [-0.25, -0.2) is 4.39 Å². The summed E-state index contributed by atoms with van der Waals surface area (Å²) in [5.41, 5.74) is 3.70. The zero-order valence-corrected chi connectivity index (χ0v) is 15.5. The first-order valence-electron chi connectivity index (χ1n) is 9.26. The SMILES string of the molecule is Cc1[nH]c2ccc(F)cc2c1CC(=O)N1CC(C)OC(c2ccccc2)C1. The van der Waals surface area contributed by atoms with E-state index in [0.717, 1.165) is 27.7 Å². The van der Waals surface area contributed by atoms with Crippen LogP contribution >= 0.6 is 0 Å². The maximum atomic E-state index is 13.7. The van der Waals surface area contributed by atoms with Crippen molar-refractivity contribution in [3.63, 3.8) is 0 Å². The van der Waals surface area contributed by atoms with Crippen molar-refractivity contribution in [3.05, 3.63) is 71.2 Å². The summed E-state index contributed by atoms with van der Waals surface area (Å²) in [6, 6.07) is 14.6. The van der Waals surface area contributed by atoms with Crippen LogP contribution in [-0.4, -0.2) is 35.0 Å². The lowest BCUT2D eigenvalue weighted by Gasteiger charge is -2.37. The largest absolute Gasteiger partial charge is 0.367 e. The van der Waals surface area contributed by atoms with E-state index in [1.807, 2.05) is 49.1 Å². The molecule has 3 aromatic rings. The lowest BCUT2D eigenvalue weighted by Crippen LogP contribution is -2.46. The van der Waals surface area contributed by atoms with Gasteiger partial charge >= 0.3 is 0 Å². The summed E-state index contributed by atoms with van der Waals surface area (Å²) in [7, 11) is 0. The molecule has 4 nitrogen and oxygen atoms in total. The molecule has 2 aromatic carbocycles. The van der Waals surface area contributed by atoms with Crippen LogP contribution < -0.4 is 0 Å². The Hall–Kier alpha value is -2.66. The number of carbonyl (C=O) groups excluding carboxylic acids is 1. The molecule has 1 amide bonds. The molecule has 4 rings (SSSR count). The number of aryl methyl sites for hydroxylation is 1. The minimum Gasteiger partial charge on any atom is -0.367 e. The van der Waals surface area contributed by atoms with Crippen LogP contribution in [0.25, 0.3) is 10.9 Å². The molecule has 1 aromatic heterocycles. The molecule has 0 radical (unpaired) electrons. The Bertz CT molecular complexity index is 967. The highest BCUT2D eigenvalue weighted by Crippen LogP contribution is 2.27. The fraction of sp³-hybridized carbons (Fsp3) is 0.318. The second-order valence-corrected chi connectivity index (χ2v) is 7.24. The number of hydrogen-bond donors (Lipinski definition) is 1. The standard InChI is InChI=1S/C22H23FN2O2/c1-14-12-25(13-21(27-14)16-6-4-3-5-7-16)22(26)11-18-15(2)24-20-9-8-17(23)10-19(18)20/h3-10,14,21,24H,11-13H2,1-2H3. The molecule has 1 aliphatic rings. The van der Waals surface area contributed by atoms with Gasteiger partial charge in [0.05, 0.1) is 19.1 Å². The van der Waals surface area contributed by atoms with Crippen LogP contribution in [0.3, 0.4) is 0 Å². The average molecular weight is 366 g/mol. The number of halogens is 1. The number of nitrogens with zero attached hydrogens (tertiary/aromatic N) is 1. The van der Waals surface area contributed by atoms with E-state index in [4.69, 9.17) is 4.74 Å². The number of morpholine rings is 1. The van der Waals surface area contributed by atoms with E-state index in [1.165, 1.54) is 12.1 Å². The molecule has 0 saturated carbocycles. The number of nitrogens with one attached hydrogen (secondary N) is 1. The summed E-state index contributed by atoms with van der Waals surface area (Å²) in [4.78, 5) is 18.1. The molecule has 0 spiro atoms. The Kier molecular flexibility index (Phi) is 4.70. The molecule has 2 unspecified atom stereocenters. The van der Waals surface area contributed by atoms with Crippen molar-refractivity contribution in [2.24, 2.45) is 0 Å². The number of amides is 1. The van der Waals surface area contributed by atoms with E-state index in [-0.39, 0.29) is 30.4 Å². The fourth-order valence-electron chi connectivity index (χ4n) is 3.85. The summed E-state index contributed by atoms with van der Waals surface area (Å²) in [5.74, 6) is -0.251. The van der Waals surface area contributed by atoms with Gasteiger partial charge in [0.15, 0.2) is 0 Å². The first kappa shape index (κ1) is 17.7. The fourth-order valence-corrected chi connectivity index (χ4v) is 3.85. The summed E-state index contributed by atoms with van der Waals surface area (Å²) in [6.45, 7) is 5.01. The third-order valence-electron chi connectivity index (χ3n) is 5.19. The number of rotatable bonds is 3. The number of ether oxygens (including phenoxy) is 1. The van der Waals surface area contributed by atoms with Crippen LogP contribution in [0, 0.1) is 12.7 Å². The highest BCUT2D eigenvalue weighted by Gasteiger charge is 2.29. The lowest BCUT2D eigenvalue weighted by atomic mass is 10.0. The van der Waals surface area contributed by atoms with Crippen LogP contribution in [0.2, 0.25) is 0 Å². The average Bonchev–Trinajstić information content (AvgIpc) is 2.97. The zero-order chi connectivity index (χ0) is 19.0. The Morgan fingerprint density at radius 3 is 2.78 bits per heavy atom. The van der Waals surface area contributed by atoms with E-state index in [0.29, 0.717) is 13.1 Å². The predicted molar refractivity (Wildman–Crippen MR) is 103 cm³/mol. The van der Waals surface area contributed by atoms with E-state index in [9.17, 15) is 9.18 Å². The molecule has 1 saturated heterocycles. The molecule has 2 heterocycles. The van der Waals surface area contributed by atoms with Crippen molar-refractivity contribution in [1.29, 1.82) is 0 Å². The quantitative estimate of drug-likeness (QED) is 0.757. The van der Waals surface area contributed by atoms with Crippen molar-refractivity contribution < 1.29 is 13.9 Å². The number of aromatic nitrogens is 1. The summed E-state index contributed by atoms with van der Waals surface area (Å²) < 4.78 is 19.7. The van der Waals surface area contributed by atoms with Crippen LogP contribution in [0.1, 0.15) is 29.8 Å². The van der Waals surface area contributed by atoms with Crippen LogP contribution in [-0.2, 0) is 16.0 Å². The van der Waals surface area contributed by atoms with Crippen molar-refractivity contribution >= 4 is 16.8 Å². The zero-order valence-electron chi connectivity index (χ0n) is 15.5. The van der Waals surface area contributed by atoms with Crippen molar-refractivity contribution in [2.75, 3.05) is 13.1 Å². The van der Waals surface area contributed by atoms with Crippen LogP contribution in [0.15, 0.2) is 48.5 Å². The number of fused-ring (bicyclic) bond motifs is 1. The van der Waals surface area contributed by atoms with Gasteiger partial charge in [0.2, 0.25) is 5.91 Å². The Labute approximate surface area is 157 Å². The van der Waals surface area contributed by atoms with Gasteiger partial charge in [-0.05, 0) is 43.2 Å². The van der Waals surface area contributed by atoms with Gasteiger partial charge < -0.3 is 14.6 Å². The molecular formula is C22H23FN2O2. The Morgan fingerprint density at radius 2 is 2.00 bits per heavy atom. The number of carbonyl (C=O) groups is 1. The maximum absolute atomic E-state index is 13.7. The summed E-state index contributed by atoms with van der Waals surface area (Å²) in [5, 5.41) is 0.779. The molecular weight excluding hydrogens is 343 g/mol. The maximum Gasteiger partial charge on any atom is 0.227 e. The molecule has 2 atom stereocenters. The topological polar surface area (TPSA) is 45.3 Å². The first-order valence-corrected chi connectivity index (χ1v) is 9.26. The number of H-pyrrole nitrogens is 1. The number of benzene rings is 2. The van der Waals surface area contributed by atoms with Gasteiger partial charge in [0.1, 0.15) is 11.9 Å². The van der Waals surface area contributed by atoms with Crippen molar-refractivity contribution in [1.82, 2.24) is 9.88 Å². The normalized spacial score (nSPS) is 20.2. The third kappa shape index (κ3) is 3.60. The number of aromatic amines is 1. The van der Waals surface area contributed by atoms with Crippen LogP contribution in [0.5, 0.6) is 0 Å². The second kappa shape index (κ2) is 7.16. The molecule has 5 heteroatoms. The van der Waals surface area contributed by atoms with Crippen molar-refractivity contribution in [2.45, 2.75) is 32.5 Å². The van der Waals surface area contributed by atoms with Crippen molar-refractivity contribution in [3.8, 4) is 0 Å². The van der Waals surface area contributed by atoms with E-state index in [1.54, 1.807) is 6.07 Å². The van der Waals surface area contributed by atoms with Gasteiger partial charge in [0, 0.05) is 23.1 Å². The molecule has 0 bridgehead atoms. The van der Waals surface area contributed by atoms with Gasteiger partial charge in [-0.1, -0.05) is 30.3 Å². The molecule has 0 aliphatic carbocycles. The molecule has 140 valence electrons. The van der Waals surface area contributed by atoms with Crippen LogP contribution in [0.4, 0.5) is 4.39 Å². The second-order valence-electron chi connectivity index (χ2n) is 7.24. The first-order chi connectivity index (χ1) is 13.0. The molecule has 1 fully saturated rings. The summed E-state index contributed by atoms with van der Waals surface area (Å²) >= 11 is 0. The van der Waals surface area contributed by atoms with Gasteiger partial charge in [0.25, 0.3) is 0 Å². The monoisotopic (exact) mass is 366 g/mol. The Balaban J connectivity index is 1.56. The highest BCUT2D eigenvalue weighted by molar-refractivity contribution is 5.90. The van der Waals surface area contributed by atoms with Gasteiger partial charge in [-0.3, -0.25) is 4.79 Å². The Morgan fingerprint density at radius 1 is 1.22 bits per heavy atom. The predicted octanol–water partition coefficient (Wildman–Crippen LogP) is 4.15. The van der Waals surface area contributed by atoms with E-state index in [2.05, 4.69) is 4.98 Å². The minimum atomic E-state index is -0.292. The minimum absolute atomic E-state index is 0.0329. The van der Waals surface area contributed by atoms with E-state index < -0.39 is 0 Å². The third-order valence-corrected chi connectivity index (χ3v) is 5.19. The highest BCUT2D eigenvalue weighted by atomic mass is 19.1. The molecule has 1 N–H and O–H groups in total. The molecule has 1 aliphatic heterocycles. The summed E-state index contributed by atoms with van der Waals surface area (Å²) in [6.07, 6.45) is 0.0959. The van der Waals surface area contributed by atoms with Gasteiger partial charge in [-0.2, -0.15) is 0 Å². The number of hydrogen-bond acceptors (Lipinski definition) is 2. The smallest absolute Gasteiger partial charge is 0.227 e. The van der Waals surface area contributed by atoms with Gasteiger partial charge in [-0.15, -0.1) is 0 Å². The lowest BCUT2D eigenvalue weighted by molar-refractivity contribution is -0.144. The van der Waals surface area contributed by atoms with E-state index >= 15 is 0 Å². The molecule has 27 heavy (non-hydrogen) atoms.